The van der Waals surface area contributed by atoms with Gasteiger partial charge in [-0.25, -0.2) is 9.38 Å². The molecule has 0 atom stereocenters. The van der Waals surface area contributed by atoms with Gasteiger partial charge in [-0.05, 0) is 35.9 Å². The Balaban J connectivity index is 1.74. The number of imidazole rings is 1. The van der Waals surface area contributed by atoms with Gasteiger partial charge in [-0.15, -0.1) is 0 Å². The predicted molar refractivity (Wildman–Crippen MR) is 88.2 cm³/mol. The third-order valence-electron chi connectivity index (χ3n) is 3.84. The monoisotopic (exact) mass is 322 g/mol. The van der Waals surface area contributed by atoms with Gasteiger partial charge in [0.05, 0.1) is 15.6 Å². The topological polar surface area (TPSA) is 52.8 Å². The summed E-state index contributed by atoms with van der Waals surface area (Å²) in [5.74, 6) is 1.44. The first-order valence-electron chi connectivity index (χ1n) is 7.11. The molecule has 2 aromatic heterocycles. The molecule has 1 aliphatic rings. The Morgan fingerprint density at radius 3 is 2.96 bits per heavy atom. The van der Waals surface area contributed by atoms with Crippen molar-refractivity contribution in [1.82, 2.24) is 9.38 Å². The number of nitrogens with zero attached hydrogens (tertiary/aromatic N) is 2. The molecule has 0 amide bonds. The molecule has 0 unspecified atom stereocenters. The van der Waals surface area contributed by atoms with Gasteiger partial charge in [0.1, 0.15) is 0 Å². The summed E-state index contributed by atoms with van der Waals surface area (Å²) in [4.78, 5) is 17.9. The highest BCUT2D eigenvalue weighted by Crippen LogP contribution is 2.32. The van der Waals surface area contributed by atoms with Gasteiger partial charge in [-0.3, -0.25) is 4.79 Å². The molecule has 0 radical (unpaired) electrons. The van der Waals surface area contributed by atoms with E-state index < -0.39 is 0 Å². The fourth-order valence-corrected chi connectivity index (χ4v) is 3.75. The molecular weight excluding hydrogens is 312 g/mol. The minimum absolute atomic E-state index is 0.0450. The first kappa shape index (κ1) is 12.7. The fraction of sp³-hybridized carbons (Fsp3) is 0.0588. The second-order valence-electron chi connectivity index (χ2n) is 5.25. The molecule has 5 nitrogen and oxygen atoms in total. The van der Waals surface area contributed by atoms with E-state index in [1.165, 1.54) is 11.3 Å². The molecule has 5 rings (SSSR count). The third-order valence-corrected chi connectivity index (χ3v) is 4.81. The van der Waals surface area contributed by atoms with Crippen LogP contribution in [0.25, 0.3) is 22.1 Å². The fourth-order valence-electron chi connectivity index (χ4n) is 2.77. The van der Waals surface area contributed by atoms with Gasteiger partial charge >= 0.3 is 0 Å². The normalized spacial score (nSPS) is 14.2. The summed E-state index contributed by atoms with van der Waals surface area (Å²) >= 11 is 1.39. The Bertz CT molecular complexity index is 1180. The maximum atomic E-state index is 12.7. The summed E-state index contributed by atoms with van der Waals surface area (Å²) in [6.07, 6.45) is 1.86. The molecule has 112 valence electrons. The number of aromatic nitrogens is 2. The molecule has 2 aromatic carbocycles. The van der Waals surface area contributed by atoms with Crippen LogP contribution in [0.4, 0.5) is 0 Å². The number of ether oxygens (including phenoxy) is 2. The van der Waals surface area contributed by atoms with E-state index in [1.807, 2.05) is 48.5 Å². The summed E-state index contributed by atoms with van der Waals surface area (Å²) in [5.41, 5.74) is 2.54. The minimum atomic E-state index is -0.0450. The highest BCUT2D eigenvalue weighted by Gasteiger charge is 2.13. The van der Waals surface area contributed by atoms with Crippen molar-refractivity contribution >= 4 is 33.4 Å². The van der Waals surface area contributed by atoms with Crippen molar-refractivity contribution in [1.29, 1.82) is 0 Å². The van der Waals surface area contributed by atoms with Crippen molar-refractivity contribution in [2.45, 2.75) is 0 Å². The van der Waals surface area contributed by atoms with Gasteiger partial charge in [0.15, 0.2) is 16.5 Å². The van der Waals surface area contributed by atoms with E-state index in [0.717, 1.165) is 22.3 Å². The molecule has 23 heavy (non-hydrogen) atoms. The lowest BCUT2D eigenvalue weighted by molar-refractivity contribution is 0.174. The van der Waals surface area contributed by atoms with Crippen molar-refractivity contribution in [2.75, 3.05) is 6.79 Å². The number of para-hydroxylation sites is 2. The Morgan fingerprint density at radius 2 is 2.00 bits per heavy atom. The molecule has 6 heteroatoms. The van der Waals surface area contributed by atoms with Crippen molar-refractivity contribution in [3.8, 4) is 11.5 Å². The van der Waals surface area contributed by atoms with Gasteiger partial charge in [0.25, 0.3) is 5.56 Å². The van der Waals surface area contributed by atoms with Crippen LogP contribution in [0, 0.1) is 0 Å². The average Bonchev–Trinajstić information content (AvgIpc) is 3.23. The second-order valence-corrected chi connectivity index (χ2v) is 6.26. The number of rotatable bonds is 1. The summed E-state index contributed by atoms with van der Waals surface area (Å²) in [6, 6.07) is 13.3. The van der Waals surface area contributed by atoms with E-state index in [-0.39, 0.29) is 12.4 Å². The first-order chi connectivity index (χ1) is 11.3. The van der Waals surface area contributed by atoms with Crippen molar-refractivity contribution in [3.05, 3.63) is 62.9 Å². The highest BCUT2D eigenvalue weighted by atomic mass is 32.1. The summed E-state index contributed by atoms with van der Waals surface area (Å²) in [7, 11) is 0. The summed E-state index contributed by atoms with van der Waals surface area (Å²) in [5, 5.41) is 0. The molecular formula is C17H10N2O3S. The van der Waals surface area contributed by atoms with Crippen LogP contribution in [0.2, 0.25) is 0 Å². The maximum Gasteiger partial charge on any atom is 0.274 e. The van der Waals surface area contributed by atoms with Gasteiger partial charge in [-0.1, -0.05) is 29.5 Å². The molecule has 4 aromatic rings. The van der Waals surface area contributed by atoms with E-state index in [1.54, 1.807) is 4.40 Å². The Hall–Kier alpha value is -2.86. The Kier molecular flexibility index (Phi) is 2.51. The molecule has 0 saturated carbocycles. The lowest BCUT2D eigenvalue weighted by Gasteiger charge is -1.96. The zero-order chi connectivity index (χ0) is 15.4. The van der Waals surface area contributed by atoms with Gasteiger partial charge < -0.3 is 9.47 Å². The van der Waals surface area contributed by atoms with Crippen LogP contribution < -0.4 is 19.6 Å². The van der Waals surface area contributed by atoms with E-state index in [4.69, 9.17) is 9.47 Å². The van der Waals surface area contributed by atoms with Crippen LogP contribution in [0.3, 0.4) is 0 Å². The number of thiazole rings is 1. The van der Waals surface area contributed by atoms with E-state index in [0.29, 0.717) is 15.2 Å². The molecule has 0 saturated heterocycles. The zero-order valence-corrected chi connectivity index (χ0v) is 12.7. The molecule has 0 bridgehead atoms. The number of hydrogen-bond acceptors (Lipinski definition) is 5. The number of fused-ring (bicyclic) bond motifs is 4. The van der Waals surface area contributed by atoms with Crippen LogP contribution >= 0.6 is 11.3 Å². The molecule has 0 aliphatic carbocycles. The molecule has 0 N–H and O–H groups in total. The smallest absolute Gasteiger partial charge is 0.274 e. The second kappa shape index (κ2) is 4.57. The molecule has 3 heterocycles. The van der Waals surface area contributed by atoms with Crippen molar-refractivity contribution in [3.63, 3.8) is 0 Å². The summed E-state index contributed by atoms with van der Waals surface area (Å²) < 4.78 is 13.0. The van der Waals surface area contributed by atoms with E-state index in [9.17, 15) is 4.79 Å². The highest BCUT2D eigenvalue weighted by molar-refractivity contribution is 7.15. The first-order valence-corrected chi connectivity index (χ1v) is 7.93. The molecule has 0 spiro atoms. The number of benzene rings is 2. The molecule has 0 fully saturated rings. The molecule has 1 aliphatic heterocycles. The number of hydrogen-bond donors (Lipinski definition) is 0. The van der Waals surface area contributed by atoms with Gasteiger partial charge in [-0.2, -0.15) is 0 Å². The van der Waals surface area contributed by atoms with E-state index in [2.05, 4.69) is 4.98 Å². The van der Waals surface area contributed by atoms with Crippen molar-refractivity contribution in [2.24, 2.45) is 0 Å². The lowest BCUT2D eigenvalue weighted by Crippen LogP contribution is -2.22. The average molecular weight is 322 g/mol. The largest absolute Gasteiger partial charge is 0.454 e. The third kappa shape index (κ3) is 1.85. The van der Waals surface area contributed by atoms with Gasteiger partial charge in [0, 0.05) is 0 Å². The van der Waals surface area contributed by atoms with Gasteiger partial charge in [0.2, 0.25) is 6.79 Å². The zero-order valence-electron chi connectivity index (χ0n) is 11.9. The van der Waals surface area contributed by atoms with Crippen LogP contribution in [0.1, 0.15) is 5.56 Å². The van der Waals surface area contributed by atoms with Crippen LogP contribution in [0.5, 0.6) is 11.5 Å². The summed E-state index contributed by atoms with van der Waals surface area (Å²) in [6.45, 7) is 0.240. The quantitative estimate of drug-likeness (QED) is 0.539. The SMILES string of the molecule is O=c1c(=Cc2ccc3c(c2)OCO3)sc2nc3ccccc3n12. The maximum absolute atomic E-state index is 12.7. The van der Waals surface area contributed by atoms with Crippen LogP contribution in [-0.4, -0.2) is 16.2 Å². The van der Waals surface area contributed by atoms with Crippen molar-refractivity contribution < 1.29 is 9.47 Å². The Morgan fingerprint density at radius 1 is 1.13 bits per heavy atom. The minimum Gasteiger partial charge on any atom is -0.454 e. The van der Waals surface area contributed by atoms with E-state index >= 15 is 0 Å². The van der Waals surface area contributed by atoms with Crippen LogP contribution in [-0.2, 0) is 0 Å². The lowest BCUT2D eigenvalue weighted by atomic mass is 10.2. The predicted octanol–water partition coefficient (Wildman–Crippen LogP) is 2.19. The standard InChI is InChI=1S/C17H10N2O3S/c20-16-15(8-10-5-6-13-14(7-10)22-9-21-13)23-17-18-11-3-1-2-4-12(11)19(16)17/h1-8H,9H2. The van der Waals surface area contributed by atoms with Crippen LogP contribution in [0.15, 0.2) is 47.3 Å². The Labute approximate surface area is 134 Å².